The van der Waals surface area contributed by atoms with Crippen LogP contribution in [-0.4, -0.2) is 5.29 Å². The molecule has 1 aliphatic heterocycles. The van der Waals surface area contributed by atoms with Gasteiger partial charge in [0.15, 0.2) is 5.29 Å². The van der Waals surface area contributed by atoms with Crippen molar-refractivity contribution in [1.29, 1.82) is 0 Å². The van der Waals surface area contributed by atoms with Crippen LogP contribution in [0.1, 0.15) is 17.2 Å². The first-order valence-electron chi connectivity index (χ1n) is 7.80. The van der Waals surface area contributed by atoms with Gasteiger partial charge in [0.1, 0.15) is 11.6 Å². The summed E-state index contributed by atoms with van der Waals surface area (Å²) in [6, 6.07) is 22.5. The second-order valence-electron chi connectivity index (χ2n) is 5.90. The van der Waals surface area contributed by atoms with Crippen LogP contribution >= 0.6 is 11.6 Å². The van der Waals surface area contributed by atoms with Gasteiger partial charge in [-0.3, -0.25) is 0 Å². The summed E-state index contributed by atoms with van der Waals surface area (Å²) in [5.74, 6) is 0.675. The number of hydrogen-bond acceptors (Lipinski definition) is 3. The molecule has 0 saturated heterocycles. The summed E-state index contributed by atoms with van der Waals surface area (Å²) in [5, 5.41) is 6.84. The van der Waals surface area contributed by atoms with Gasteiger partial charge in [-0.25, -0.2) is 4.99 Å². The van der Waals surface area contributed by atoms with Crippen LogP contribution in [0.5, 0.6) is 0 Å². The van der Waals surface area contributed by atoms with Crippen molar-refractivity contribution in [2.75, 3.05) is 5.32 Å². The number of furan rings is 1. The molecule has 116 valence electrons. The molecule has 0 saturated carbocycles. The monoisotopic (exact) mass is 332 g/mol. The van der Waals surface area contributed by atoms with Gasteiger partial charge in [0.2, 0.25) is 5.88 Å². The fourth-order valence-corrected chi connectivity index (χ4v) is 3.54. The lowest BCUT2D eigenvalue weighted by Crippen LogP contribution is -2.15. The summed E-state index contributed by atoms with van der Waals surface area (Å²) in [5.41, 5.74) is 2.97. The molecule has 0 spiro atoms. The Morgan fingerprint density at radius 1 is 0.917 bits per heavy atom. The number of nitrogens with zero attached hydrogens (tertiary/aromatic N) is 1. The zero-order valence-electron chi connectivity index (χ0n) is 12.7. The highest BCUT2D eigenvalue weighted by atomic mass is 35.5. The Morgan fingerprint density at radius 2 is 1.71 bits per heavy atom. The summed E-state index contributed by atoms with van der Waals surface area (Å²) in [6.07, 6.45) is 0. The minimum atomic E-state index is -0.179. The molecular formula is C20H13ClN2O. The van der Waals surface area contributed by atoms with Crippen molar-refractivity contribution in [3.63, 3.8) is 0 Å². The minimum absolute atomic E-state index is 0.179. The number of nitrogens with one attached hydrogen (secondary N) is 1. The number of halogens is 1. The minimum Gasteiger partial charge on any atom is -0.440 e. The van der Waals surface area contributed by atoms with E-state index in [0.29, 0.717) is 11.2 Å². The summed E-state index contributed by atoms with van der Waals surface area (Å²) in [4.78, 5) is 4.63. The van der Waals surface area contributed by atoms with Crippen molar-refractivity contribution in [3.8, 4) is 0 Å². The summed E-state index contributed by atoms with van der Waals surface area (Å²) < 4.78 is 5.92. The van der Waals surface area contributed by atoms with Crippen molar-refractivity contribution in [2.45, 2.75) is 6.04 Å². The molecule has 1 unspecified atom stereocenters. The predicted octanol–water partition coefficient (Wildman–Crippen LogP) is 5.70. The third-order valence-electron chi connectivity index (χ3n) is 4.46. The number of aliphatic imine (C=N–C) groups is 1. The molecule has 24 heavy (non-hydrogen) atoms. The van der Waals surface area contributed by atoms with E-state index in [1.54, 1.807) is 0 Å². The van der Waals surface area contributed by atoms with E-state index in [0.717, 1.165) is 22.1 Å². The molecule has 4 heteroatoms. The van der Waals surface area contributed by atoms with E-state index in [9.17, 15) is 0 Å². The Kier molecular flexibility index (Phi) is 2.91. The van der Waals surface area contributed by atoms with E-state index in [1.807, 2.05) is 30.3 Å². The molecule has 3 nitrogen and oxygen atoms in total. The maximum absolute atomic E-state index is 6.21. The van der Waals surface area contributed by atoms with Crippen molar-refractivity contribution >= 4 is 44.5 Å². The van der Waals surface area contributed by atoms with Gasteiger partial charge in [-0.05, 0) is 40.1 Å². The maximum atomic E-state index is 6.21. The highest BCUT2D eigenvalue weighted by molar-refractivity contribution is 6.67. The quantitative estimate of drug-likeness (QED) is 0.454. The molecule has 1 atom stereocenters. The average molecular weight is 333 g/mol. The van der Waals surface area contributed by atoms with Crippen molar-refractivity contribution in [2.24, 2.45) is 4.99 Å². The van der Waals surface area contributed by atoms with Gasteiger partial charge in [-0.15, -0.1) is 0 Å². The van der Waals surface area contributed by atoms with Crippen molar-refractivity contribution in [1.82, 2.24) is 0 Å². The van der Waals surface area contributed by atoms with E-state index < -0.39 is 0 Å². The van der Waals surface area contributed by atoms with Gasteiger partial charge >= 0.3 is 0 Å². The molecule has 1 aromatic heterocycles. The van der Waals surface area contributed by atoms with Gasteiger partial charge in [0.05, 0.1) is 5.56 Å². The van der Waals surface area contributed by atoms with Crippen molar-refractivity contribution < 1.29 is 4.42 Å². The molecule has 1 N–H and O–H groups in total. The van der Waals surface area contributed by atoms with E-state index in [1.165, 1.54) is 10.8 Å². The van der Waals surface area contributed by atoms with E-state index in [4.69, 9.17) is 16.0 Å². The highest BCUT2D eigenvalue weighted by Gasteiger charge is 2.28. The van der Waals surface area contributed by atoms with Gasteiger partial charge < -0.3 is 9.73 Å². The first kappa shape index (κ1) is 13.6. The molecule has 5 rings (SSSR count). The third kappa shape index (κ3) is 2.02. The first-order valence-corrected chi connectivity index (χ1v) is 8.18. The van der Waals surface area contributed by atoms with Crippen LogP contribution in [0.25, 0.3) is 21.7 Å². The van der Waals surface area contributed by atoms with Crippen LogP contribution in [0.4, 0.5) is 5.88 Å². The molecular weight excluding hydrogens is 320 g/mol. The Hall–Kier alpha value is -2.78. The highest BCUT2D eigenvalue weighted by Crippen LogP contribution is 2.42. The van der Waals surface area contributed by atoms with Crippen molar-refractivity contribution in [3.05, 3.63) is 77.9 Å². The van der Waals surface area contributed by atoms with Crippen LogP contribution in [0.3, 0.4) is 0 Å². The lowest BCUT2D eigenvalue weighted by atomic mass is 9.95. The third-order valence-corrected chi connectivity index (χ3v) is 4.65. The summed E-state index contributed by atoms with van der Waals surface area (Å²) in [7, 11) is 0. The molecule has 0 bridgehead atoms. The average Bonchev–Trinajstić information content (AvgIpc) is 2.98. The second-order valence-corrected chi connectivity index (χ2v) is 6.25. The molecule has 3 aromatic carbocycles. The molecule has 4 aromatic rings. The predicted molar refractivity (Wildman–Crippen MR) is 98.9 cm³/mol. The Morgan fingerprint density at radius 3 is 2.62 bits per heavy atom. The van der Waals surface area contributed by atoms with E-state index in [2.05, 4.69) is 46.7 Å². The lowest BCUT2D eigenvalue weighted by molar-refractivity contribution is 0.625. The van der Waals surface area contributed by atoms with E-state index in [-0.39, 0.29) is 6.04 Å². The standard InChI is InChI=1S/C20H13ClN2O/c21-20-22-18(14-10-9-12-5-1-2-6-13(12)11-14)17-15-7-3-4-8-16(15)24-19(17)23-20/h1-11,18H,(H,22,23). The molecule has 0 fully saturated rings. The Balaban J connectivity index is 1.76. The zero-order chi connectivity index (χ0) is 16.1. The number of rotatable bonds is 1. The molecule has 2 heterocycles. The second kappa shape index (κ2) is 5.11. The smallest absolute Gasteiger partial charge is 0.206 e. The SMILES string of the molecule is ClC1=NC(c2ccc3ccccc3c2)c2c(oc3ccccc23)N1. The Labute approximate surface area is 143 Å². The van der Waals surface area contributed by atoms with Gasteiger partial charge in [-0.2, -0.15) is 0 Å². The van der Waals surface area contributed by atoms with Gasteiger partial charge in [0.25, 0.3) is 0 Å². The topological polar surface area (TPSA) is 37.5 Å². The Bertz CT molecular complexity index is 1110. The number of benzene rings is 3. The first-order chi connectivity index (χ1) is 11.8. The normalized spacial score (nSPS) is 16.7. The number of fused-ring (bicyclic) bond motifs is 4. The number of para-hydroxylation sites is 1. The van der Waals surface area contributed by atoms with Crippen LogP contribution in [0.2, 0.25) is 0 Å². The fourth-order valence-electron chi connectivity index (χ4n) is 3.35. The van der Waals surface area contributed by atoms with E-state index >= 15 is 0 Å². The summed E-state index contributed by atoms with van der Waals surface area (Å²) >= 11 is 6.21. The number of amidine groups is 1. The summed E-state index contributed by atoms with van der Waals surface area (Å²) in [6.45, 7) is 0. The van der Waals surface area contributed by atoms with Gasteiger partial charge in [-0.1, -0.05) is 54.6 Å². The largest absolute Gasteiger partial charge is 0.440 e. The molecule has 0 aliphatic carbocycles. The van der Waals surface area contributed by atoms with Gasteiger partial charge in [0, 0.05) is 5.39 Å². The molecule has 0 amide bonds. The number of hydrogen-bond donors (Lipinski definition) is 1. The number of anilines is 1. The van der Waals surface area contributed by atoms with Crippen LogP contribution in [0.15, 0.2) is 76.1 Å². The van der Waals surface area contributed by atoms with Crippen LogP contribution < -0.4 is 5.32 Å². The lowest BCUT2D eigenvalue weighted by Gasteiger charge is -2.20. The van der Waals surface area contributed by atoms with Crippen LogP contribution in [-0.2, 0) is 0 Å². The molecule has 1 aliphatic rings. The maximum Gasteiger partial charge on any atom is 0.206 e. The zero-order valence-corrected chi connectivity index (χ0v) is 13.4. The molecule has 0 radical (unpaired) electrons. The fraction of sp³-hybridized carbons (Fsp3) is 0.0500. The van der Waals surface area contributed by atoms with Crippen LogP contribution in [0, 0.1) is 0 Å².